The van der Waals surface area contributed by atoms with Crippen molar-refractivity contribution in [3.05, 3.63) is 94.3 Å². The second-order valence-electron chi connectivity index (χ2n) is 6.17. The van der Waals surface area contributed by atoms with Crippen LogP contribution in [-0.2, 0) is 6.42 Å². The summed E-state index contributed by atoms with van der Waals surface area (Å²) in [6.45, 7) is 0. The molecule has 4 rings (SSSR count). The standard InChI is InChI=1S/C22H17ClFNO/c1-26-21-11-8-15(13-19(21)23)18-12-16-4-2-3-5-20(16)25-22(18)14-6-9-17(24)10-7-14/h2-11,13,25H,12H2,1H3. The summed E-state index contributed by atoms with van der Waals surface area (Å²) < 4.78 is 18.6. The molecular weight excluding hydrogens is 349 g/mol. The zero-order chi connectivity index (χ0) is 18.1. The first kappa shape index (κ1) is 16.7. The van der Waals surface area contributed by atoms with Gasteiger partial charge in [-0.15, -0.1) is 0 Å². The van der Waals surface area contributed by atoms with Gasteiger partial charge in [-0.25, -0.2) is 4.39 Å². The van der Waals surface area contributed by atoms with Crippen LogP contribution in [0.1, 0.15) is 16.7 Å². The number of nitrogens with one attached hydrogen (secondary N) is 1. The molecule has 2 nitrogen and oxygen atoms in total. The molecule has 0 bridgehead atoms. The Balaban J connectivity index is 1.87. The predicted octanol–water partition coefficient (Wildman–Crippen LogP) is 6.02. The van der Waals surface area contributed by atoms with Crippen molar-refractivity contribution in [3.8, 4) is 5.75 Å². The fourth-order valence-corrected chi connectivity index (χ4v) is 3.51. The highest BCUT2D eigenvalue weighted by Crippen LogP contribution is 2.39. The third-order valence-electron chi connectivity index (χ3n) is 4.58. The first-order chi connectivity index (χ1) is 12.7. The number of methoxy groups -OCH3 is 1. The molecule has 0 saturated heterocycles. The van der Waals surface area contributed by atoms with Gasteiger partial charge in [0.05, 0.1) is 12.1 Å². The minimum atomic E-state index is -0.250. The number of para-hydroxylation sites is 1. The summed E-state index contributed by atoms with van der Waals surface area (Å²) in [7, 11) is 1.60. The summed E-state index contributed by atoms with van der Waals surface area (Å²) in [6, 6.07) is 20.5. The predicted molar refractivity (Wildman–Crippen MR) is 105 cm³/mol. The van der Waals surface area contributed by atoms with E-state index in [9.17, 15) is 4.39 Å². The first-order valence-electron chi connectivity index (χ1n) is 8.33. The third-order valence-corrected chi connectivity index (χ3v) is 4.87. The Labute approximate surface area is 156 Å². The van der Waals surface area contributed by atoms with Gasteiger partial charge in [0.1, 0.15) is 11.6 Å². The zero-order valence-electron chi connectivity index (χ0n) is 14.2. The van der Waals surface area contributed by atoms with Gasteiger partial charge in [-0.2, -0.15) is 0 Å². The molecule has 0 aliphatic carbocycles. The highest BCUT2D eigenvalue weighted by molar-refractivity contribution is 6.32. The lowest BCUT2D eigenvalue weighted by molar-refractivity contribution is 0.415. The maximum atomic E-state index is 13.4. The van der Waals surface area contributed by atoms with Gasteiger partial charge in [0, 0.05) is 17.8 Å². The lowest BCUT2D eigenvalue weighted by Gasteiger charge is -2.26. The number of anilines is 1. The van der Waals surface area contributed by atoms with Crippen LogP contribution in [0.4, 0.5) is 10.1 Å². The summed E-state index contributed by atoms with van der Waals surface area (Å²) >= 11 is 6.35. The molecule has 1 aliphatic rings. The number of allylic oxidation sites excluding steroid dienone is 1. The average Bonchev–Trinajstić information content (AvgIpc) is 2.67. The Kier molecular flexibility index (Phi) is 4.39. The van der Waals surface area contributed by atoms with Crippen molar-refractivity contribution in [1.82, 2.24) is 0 Å². The van der Waals surface area contributed by atoms with Crippen molar-refractivity contribution >= 4 is 28.6 Å². The molecule has 0 unspecified atom stereocenters. The van der Waals surface area contributed by atoms with Crippen LogP contribution in [0.2, 0.25) is 5.02 Å². The molecule has 3 aromatic rings. The number of hydrogen-bond donors (Lipinski definition) is 1. The average molecular weight is 366 g/mol. The number of benzene rings is 3. The number of hydrogen-bond acceptors (Lipinski definition) is 2. The number of ether oxygens (including phenoxy) is 1. The van der Waals surface area contributed by atoms with Crippen LogP contribution in [0.3, 0.4) is 0 Å². The highest BCUT2D eigenvalue weighted by Gasteiger charge is 2.20. The van der Waals surface area contributed by atoms with Crippen LogP contribution >= 0.6 is 11.6 Å². The smallest absolute Gasteiger partial charge is 0.137 e. The van der Waals surface area contributed by atoms with Gasteiger partial charge in [-0.05, 0) is 64.7 Å². The lowest BCUT2D eigenvalue weighted by Crippen LogP contribution is -2.12. The molecule has 0 atom stereocenters. The van der Waals surface area contributed by atoms with Crippen molar-refractivity contribution < 1.29 is 9.13 Å². The van der Waals surface area contributed by atoms with Gasteiger partial charge in [0.25, 0.3) is 0 Å². The number of fused-ring (bicyclic) bond motifs is 1. The van der Waals surface area contributed by atoms with Crippen LogP contribution in [0.25, 0.3) is 11.3 Å². The number of rotatable bonds is 3. The van der Waals surface area contributed by atoms with Gasteiger partial charge in [0.2, 0.25) is 0 Å². The van der Waals surface area contributed by atoms with E-state index in [-0.39, 0.29) is 5.82 Å². The van der Waals surface area contributed by atoms with Gasteiger partial charge >= 0.3 is 0 Å². The molecule has 26 heavy (non-hydrogen) atoms. The molecule has 0 amide bonds. The van der Waals surface area contributed by atoms with Gasteiger partial charge in [0.15, 0.2) is 0 Å². The SMILES string of the molecule is COc1ccc(C2=C(c3ccc(F)cc3)Nc3ccccc3C2)cc1Cl. The highest BCUT2D eigenvalue weighted by atomic mass is 35.5. The molecule has 0 spiro atoms. The maximum absolute atomic E-state index is 13.4. The Morgan fingerprint density at radius 3 is 2.42 bits per heavy atom. The maximum Gasteiger partial charge on any atom is 0.137 e. The monoisotopic (exact) mass is 365 g/mol. The van der Waals surface area contributed by atoms with Crippen LogP contribution < -0.4 is 10.1 Å². The topological polar surface area (TPSA) is 21.3 Å². The molecule has 1 heterocycles. The molecule has 0 aromatic heterocycles. The molecule has 0 fully saturated rings. The number of halogens is 2. The summed E-state index contributed by atoms with van der Waals surface area (Å²) in [6.07, 6.45) is 0.762. The van der Waals surface area contributed by atoms with E-state index in [4.69, 9.17) is 16.3 Å². The van der Waals surface area contributed by atoms with Crippen molar-refractivity contribution in [2.75, 3.05) is 12.4 Å². The van der Waals surface area contributed by atoms with Crippen molar-refractivity contribution in [2.45, 2.75) is 6.42 Å². The van der Waals surface area contributed by atoms with Crippen LogP contribution in [0.15, 0.2) is 66.7 Å². The minimum Gasteiger partial charge on any atom is -0.495 e. The van der Waals surface area contributed by atoms with E-state index in [1.54, 1.807) is 19.2 Å². The van der Waals surface area contributed by atoms with Gasteiger partial charge in [-0.3, -0.25) is 0 Å². The van der Waals surface area contributed by atoms with E-state index in [0.717, 1.165) is 34.5 Å². The summed E-state index contributed by atoms with van der Waals surface area (Å²) in [5.74, 6) is 0.392. The summed E-state index contributed by atoms with van der Waals surface area (Å²) in [5, 5.41) is 4.08. The van der Waals surface area contributed by atoms with E-state index in [1.807, 2.05) is 30.3 Å². The minimum absolute atomic E-state index is 0.250. The van der Waals surface area contributed by atoms with E-state index in [0.29, 0.717) is 10.8 Å². The van der Waals surface area contributed by atoms with E-state index in [2.05, 4.69) is 17.4 Å². The van der Waals surface area contributed by atoms with Crippen molar-refractivity contribution in [2.24, 2.45) is 0 Å². The fraction of sp³-hybridized carbons (Fsp3) is 0.0909. The van der Waals surface area contributed by atoms with Crippen LogP contribution in [0.5, 0.6) is 5.75 Å². The zero-order valence-corrected chi connectivity index (χ0v) is 15.0. The fourth-order valence-electron chi connectivity index (χ4n) is 3.25. The van der Waals surface area contributed by atoms with E-state index >= 15 is 0 Å². The third kappa shape index (κ3) is 3.06. The molecule has 130 valence electrons. The molecule has 3 aromatic carbocycles. The molecular formula is C22H17ClFNO. The lowest BCUT2D eigenvalue weighted by atomic mass is 9.89. The Morgan fingerprint density at radius 2 is 1.69 bits per heavy atom. The Hall–Kier alpha value is -2.78. The van der Waals surface area contributed by atoms with Gasteiger partial charge in [-0.1, -0.05) is 35.9 Å². The summed E-state index contributed by atoms with van der Waals surface area (Å²) in [4.78, 5) is 0. The molecule has 4 heteroatoms. The quantitative estimate of drug-likeness (QED) is 0.612. The molecule has 0 saturated carbocycles. The molecule has 1 aliphatic heterocycles. The summed E-state index contributed by atoms with van der Waals surface area (Å²) in [5.41, 5.74) is 6.29. The van der Waals surface area contributed by atoms with Crippen LogP contribution in [-0.4, -0.2) is 7.11 Å². The normalized spacial score (nSPS) is 13.2. The Bertz CT molecular complexity index is 995. The van der Waals surface area contributed by atoms with Crippen LogP contribution in [0, 0.1) is 5.82 Å². The van der Waals surface area contributed by atoms with E-state index < -0.39 is 0 Å². The van der Waals surface area contributed by atoms with Gasteiger partial charge < -0.3 is 10.1 Å². The largest absolute Gasteiger partial charge is 0.495 e. The second kappa shape index (κ2) is 6.85. The molecule has 0 radical (unpaired) electrons. The molecule has 1 N–H and O–H groups in total. The van der Waals surface area contributed by atoms with E-state index in [1.165, 1.54) is 17.7 Å². The van der Waals surface area contributed by atoms with Crippen molar-refractivity contribution in [1.29, 1.82) is 0 Å². The van der Waals surface area contributed by atoms with Crippen molar-refractivity contribution in [3.63, 3.8) is 0 Å². The Morgan fingerprint density at radius 1 is 0.962 bits per heavy atom. The first-order valence-corrected chi connectivity index (χ1v) is 8.71. The second-order valence-corrected chi connectivity index (χ2v) is 6.58.